The van der Waals surface area contributed by atoms with E-state index in [1.165, 1.54) is 35.1 Å². The number of nitrogens with zero attached hydrogens (tertiary/aromatic N) is 3. The van der Waals surface area contributed by atoms with Crippen LogP contribution in [0.3, 0.4) is 0 Å². The van der Waals surface area contributed by atoms with Gasteiger partial charge in [-0.05, 0) is 42.0 Å². The Balaban J connectivity index is 1.20. The van der Waals surface area contributed by atoms with E-state index in [2.05, 4.69) is 34.2 Å². The largest absolute Gasteiger partial charge is 0.484 e. The highest BCUT2D eigenvalue weighted by atomic mass is 16.6. The first-order chi connectivity index (χ1) is 15.2. The molecule has 31 heavy (non-hydrogen) atoms. The molecule has 1 aliphatic carbocycles. The van der Waals surface area contributed by atoms with Crippen molar-refractivity contribution in [2.45, 2.75) is 24.9 Å². The minimum atomic E-state index is -0.195. The molecule has 3 aromatic heterocycles. The van der Waals surface area contributed by atoms with Crippen LogP contribution in [0.25, 0.3) is 5.65 Å². The van der Waals surface area contributed by atoms with Gasteiger partial charge in [0.2, 0.25) is 0 Å². The van der Waals surface area contributed by atoms with Crippen LogP contribution in [-0.4, -0.2) is 21.0 Å². The predicted octanol–water partition coefficient (Wildman–Crippen LogP) is 4.27. The molecule has 154 valence electrons. The van der Waals surface area contributed by atoms with Gasteiger partial charge in [0.15, 0.2) is 11.9 Å². The highest BCUT2D eigenvalue weighted by Gasteiger charge is 2.26. The molecule has 1 saturated carbocycles. The van der Waals surface area contributed by atoms with Gasteiger partial charge in [0.1, 0.15) is 23.8 Å². The molecule has 1 unspecified atom stereocenters. The van der Waals surface area contributed by atoms with Crippen molar-refractivity contribution in [2.75, 3.05) is 6.61 Å². The Kier molecular flexibility index (Phi) is 4.12. The molecule has 1 aliphatic heterocycles. The quantitative estimate of drug-likeness (QED) is 0.497. The normalized spacial score (nSPS) is 17.5. The van der Waals surface area contributed by atoms with Gasteiger partial charge in [0, 0.05) is 18.3 Å². The number of fused-ring (bicyclic) bond motifs is 2. The zero-order valence-corrected chi connectivity index (χ0v) is 16.6. The highest BCUT2D eigenvalue weighted by molar-refractivity contribution is 5.45. The Bertz CT molecular complexity index is 1330. The van der Waals surface area contributed by atoms with Crippen molar-refractivity contribution in [2.24, 2.45) is 0 Å². The predicted molar refractivity (Wildman–Crippen MR) is 113 cm³/mol. The molecule has 0 N–H and O–H groups in total. The van der Waals surface area contributed by atoms with Crippen molar-refractivity contribution < 1.29 is 14.2 Å². The number of hydrogen-bond donors (Lipinski definition) is 0. The van der Waals surface area contributed by atoms with E-state index in [4.69, 9.17) is 14.2 Å². The monoisotopic (exact) mass is 413 g/mol. The van der Waals surface area contributed by atoms with Gasteiger partial charge in [-0.25, -0.2) is 9.97 Å². The van der Waals surface area contributed by atoms with Crippen LogP contribution in [0.1, 0.15) is 36.0 Å². The molecule has 0 amide bonds. The summed E-state index contributed by atoms with van der Waals surface area (Å²) in [4.78, 5) is 20.5. The Morgan fingerprint density at radius 1 is 0.968 bits per heavy atom. The molecule has 2 aliphatic rings. The summed E-state index contributed by atoms with van der Waals surface area (Å²) in [5.74, 6) is 2.69. The fraction of sp³-hybridized carbons (Fsp3) is 0.208. The Morgan fingerprint density at radius 2 is 1.81 bits per heavy atom. The standard InChI is InChI=1S/C24H19N3O4/c28-23-9-10-25-22-8-7-18(13-27(22)23)30-19-11-20-24(26-12-19)31-21(14-29-20)17-5-3-16(4-6-17)15-1-2-15/h3-13,15,21H,1-2,14H2. The van der Waals surface area contributed by atoms with Gasteiger partial charge in [-0.3, -0.25) is 9.20 Å². The second-order valence-electron chi connectivity index (χ2n) is 7.81. The molecule has 7 heteroatoms. The van der Waals surface area contributed by atoms with Crippen molar-refractivity contribution in [3.63, 3.8) is 0 Å². The van der Waals surface area contributed by atoms with Crippen LogP contribution in [0.4, 0.5) is 0 Å². The van der Waals surface area contributed by atoms with Crippen LogP contribution in [0, 0.1) is 0 Å². The van der Waals surface area contributed by atoms with Gasteiger partial charge < -0.3 is 14.2 Å². The lowest BCUT2D eigenvalue weighted by Gasteiger charge is -2.26. The topological polar surface area (TPSA) is 75.0 Å². The third-order valence-corrected chi connectivity index (χ3v) is 5.59. The van der Waals surface area contributed by atoms with E-state index in [0.717, 1.165) is 11.5 Å². The van der Waals surface area contributed by atoms with Gasteiger partial charge in [-0.2, -0.15) is 0 Å². The lowest BCUT2D eigenvalue weighted by Crippen LogP contribution is -2.22. The summed E-state index contributed by atoms with van der Waals surface area (Å²) in [5, 5.41) is 0. The Morgan fingerprint density at radius 3 is 2.65 bits per heavy atom. The molecule has 4 aromatic rings. The average Bonchev–Trinajstić information content (AvgIpc) is 3.65. The number of rotatable bonds is 4. The van der Waals surface area contributed by atoms with E-state index in [1.807, 2.05) is 0 Å². The number of ether oxygens (including phenoxy) is 3. The summed E-state index contributed by atoms with van der Waals surface area (Å²) in [6.07, 6.45) is 7.05. The van der Waals surface area contributed by atoms with Crippen molar-refractivity contribution in [1.82, 2.24) is 14.4 Å². The second-order valence-corrected chi connectivity index (χ2v) is 7.81. The van der Waals surface area contributed by atoms with Gasteiger partial charge in [-0.15, -0.1) is 0 Å². The average molecular weight is 413 g/mol. The van der Waals surface area contributed by atoms with Crippen molar-refractivity contribution in [3.05, 3.63) is 88.6 Å². The molecular weight excluding hydrogens is 394 g/mol. The van der Waals surface area contributed by atoms with Crippen molar-refractivity contribution in [3.8, 4) is 23.1 Å². The smallest absolute Gasteiger partial charge is 0.258 e. The lowest BCUT2D eigenvalue weighted by molar-refractivity contribution is 0.0847. The van der Waals surface area contributed by atoms with Gasteiger partial charge in [0.25, 0.3) is 11.4 Å². The molecule has 7 nitrogen and oxygen atoms in total. The fourth-order valence-electron chi connectivity index (χ4n) is 3.77. The van der Waals surface area contributed by atoms with Crippen LogP contribution in [0.2, 0.25) is 0 Å². The van der Waals surface area contributed by atoms with E-state index < -0.39 is 0 Å². The van der Waals surface area contributed by atoms with E-state index >= 15 is 0 Å². The summed E-state index contributed by atoms with van der Waals surface area (Å²) >= 11 is 0. The first-order valence-corrected chi connectivity index (χ1v) is 10.3. The third kappa shape index (κ3) is 3.48. The summed E-state index contributed by atoms with van der Waals surface area (Å²) in [6.45, 7) is 0.401. The summed E-state index contributed by atoms with van der Waals surface area (Å²) in [6, 6.07) is 15.2. The zero-order valence-electron chi connectivity index (χ0n) is 16.6. The molecule has 1 fully saturated rings. The first kappa shape index (κ1) is 17.9. The summed E-state index contributed by atoms with van der Waals surface area (Å²) in [7, 11) is 0. The van der Waals surface area contributed by atoms with Crippen LogP contribution >= 0.6 is 0 Å². The maximum absolute atomic E-state index is 12.0. The number of aromatic nitrogens is 3. The SMILES string of the molecule is O=c1ccnc2ccc(Oc3cnc4c(c3)OCC(c3ccc(C5CC5)cc3)O4)cn12. The number of benzene rings is 1. The first-order valence-electron chi connectivity index (χ1n) is 10.3. The zero-order chi connectivity index (χ0) is 20.8. The van der Waals surface area contributed by atoms with Crippen LogP contribution in [0.5, 0.6) is 23.1 Å². The summed E-state index contributed by atoms with van der Waals surface area (Å²) in [5.41, 5.74) is 2.85. The number of pyridine rings is 2. The summed E-state index contributed by atoms with van der Waals surface area (Å²) < 4.78 is 19.3. The molecule has 0 saturated heterocycles. The fourth-order valence-corrected chi connectivity index (χ4v) is 3.77. The molecule has 6 rings (SSSR count). The molecule has 0 bridgehead atoms. The van der Waals surface area contributed by atoms with Crippen molar-refractivity contribution >= 4 is 5.65 Å². The van der Waals surface area contributed by atoms with Gasteiger partial charge in [0.05, 0.1) is 12.4 Å². The Labute approximate surface area is 177 Å². The maximum Gasteiger partial charge on any atom is 0.258 e. The van der Waals surface area contributed by atoms with Crippen LogP contribution < -0.4 is 19.8 Å². The lowest BCUT2D eigenvalue weighted by atomic mass is 10.0. The minimum Gasteiger partial charge on any atom is -0.484 e. The highest BCUT2D eigenvalue weighted by Crippen LogP contribution is 2.41. The van der Waals surface area contributed by atoms with Crippen molar-refractivity contribution in [1.29, 1.82) is 0 Å². The minimum absolute atomic E-state index is 0.174. The Hall–Kier alpha value is -3.87. The van der Waals surface area contributed by atoms with Gasteiger partial charge in [-0.1, -0.05) is 24.3 Å². The van der Waals surface area contributed by atoms with Crippen LogP contribution in [0.15, 0.2) is 71.9 Å². The van der Waals surface area contributed by atoms with Gasteiger partial charge >= 0.3 is 0 Å². The number of hydrogen-bond acceptors (Lipinski definition) is 6. The van der Waals surface area contributed by atoms with Crippen LogP contribution in [-0.2, 0) is 0 Å². The molecule has 4 heterocycles. The molecule has 0 spiro atoms. The maximum atomic E-state index is 12.0. The third-order valence-electron chi connectivity index (χ3n) is 5.59. The van der Waals surface area contributed by atoms with E-state index in [1.54, 1.807) is 30.6 Å². The van der Waals surface area contributed by atoms with E-state index in [-0.39, 0.29) is 11.7 Å². The van der Waals surface area contributed by atoms with E-state index in [9.17, 15) is 4.79 Å². The molecule has 1 atom stereocenters. The molecular formula is C24H19N3O4. The molecule has 0 radical (unpaired) electrons. The van der Waals surface area contributed by atoms with E-state index in [0.29, 0.717) is 35.4 Å². The molecule has 1 aromatic carbocycles. The second kappa shape index (κ2) is 7.12.